The van der Waals surface area contributed by atoms with Crippen molar-refractivity contribution in [3.8, 4) is 0 Å². The second-order valence-electron chi connectivity index (χ2n) is 3.72. The molecule has 0 aromatic heterocycles. The first-order chi connectivity index (χ1) is 7.91. The summed E-state index contributed by atoms with van der Waals surface area (Å²) in [5, 5.41) is 12.4. The molecule has 0 aliphatic carbocycles. The fourth-order valence-corrected chi connectivity index (χ4v) is 2.50. The largest absolute Gasteiger partial charge is 0.465 e. The van der Waals surface area contributed by atoms with E-state index in [9.17, 15) is 18.3 Å². The lowest BCUT2D eigenvalue weighted by atomic mass is 10.4. The van der Waals surface area contributed by atoms with Crippen LogP contribution in [0.25, 0.3) is 0 Å². The molecule has 2 N–H and O–H groups in total. The van der Waals surface area contributed by atoms with Gasteiger partial charge in [0.15, 0.2) is 9.84 Å². The van der Waals surface area contributed by atoms with Crippen LogP contribution >= 0.6 is 0 Å². The zero-order valence-electron chi connectivity index (χ0n) is 10.3. The molecule has 0 saturated carbocycles. The van der Waals surface area contributed by atoms with Crippen LogP contribution in [0.4, 0.5) is 0 Å². The second kappa shape index (κ2) is 8.43. The van der Waals surface area contributed by atoms with Crippen LogP contribution in [0.5, 0.6) is 0 Å². The van der Waals surface area contributed by atoms with Crippen LogP contribution in [0.3, 0.4) is 0 Å². The molecule has 0 heterocycles. The average Bonchev–Trinajstić information content (AvgIpc) is 2.16. The molecule has 1 atom stereocenters. The van der Waals surface area contributed by atoms with Crippen molar-refractivity contribution in [1.29, 1.82) is 0 Å². The lowest BCUT2D eigenvalue weighted by molar-refractivity contribution is -0.139. The third kappa shape index (κ3) is 9.08. The molecule has 0 aliphatic heterocycles. The van der Waals surface area contributed by atoms with Gasteiger partial charge in [-0.05, 0) is 19.9 Å². The number of rotatable bonds is 9. The van der Waals surface area contributed by atoms with Crippen LogP contribution in [0.2, 0.25) is 0 Å². The monoisotopic (exact) mass is 267 g/mol. The fourth-order valence-electron chi connectivity index (χ4n) is 1.24. The maximum absolute atomic E-state index is 11.5. The molecule has 6 nitrogen and oxygen atoms in total. The van der Waals surface area contributed by atoms with E-state index in [-0.39, 0.29) is 13.2 Å². The maximum atomic E-state index is 11.5. The Balaban J connectivity index is 4.03. The molecule has 0 saturated heterocycles. The maximum Gasteiger partial charge on any atom is 0.321 e. The van der Waals surface area contributed by atoms with Crippen LogP contribution in [0, 0.1) is 0 Å². The van der Waals surface area contributed by atoms with Crippen molar-refractivity contribution in [2.75, 3.05) is 31.2 Å². The third-order valence-electron chi connectivity index (χ3n) is 1.90. The predicted molar refractivity (Wildman–Crippen MR) is 64.5 cm³/mol. The lowest BCUT2D eigenvalue weighted by Gasteiger charge is -2.11. The van der Waals surface area contributed by atoms with Gasteiger partial charge in [-0.15, -0.1) is 0 Å². The standard InChI is InChI=1S/C10H21NO5S/c1-3-5-11-6-9(12)7-17(14,15)8-10(13)16-4-2/h9,11-12H,3-8H2,1-2H3. The highest BCUT2D eigenvalue weighted by Gasteiger charge is 2.21. The van der Waals surface area contributed by atoms with E-state index in [4.69, 9.17) is 0 Å². The summed E-state index contributed by atoms with van der Waals surface area (Å²) in [6.45, 7) is 4.64. The highest BCUT2D eigenvalue weighted by Crippen LogP contribution is 1.96. The molecule has 0 rings (SSSR count). The molecule has 17 heavy (non-hydrogen) atoms. The summed E-state index contributed by atoms with van der Waals surface area (Å²) in [6.07, 6.45) is -0.0940. The second-order valence-corrected chi connectivity index (χ2v) is 5.83. The van der Waals surface area contributed by atoms with Gasteiger partial charge >= 0.3 is 5.97 Å². The topological polar surface area (TPSA) is 92.7 Å². The third-order valence-corrected chi connectivity index (χ3v) is 3.46. The van der Waals surface area contributed by atoms with Crippen molar-refractivity contribution < 1.29 is 23.1 Å². The number of ether oxygens (including phenoxy) is 1. The highest BCUT2D eigenvalue weighted by atomic mass is 32.2. The van der Waals surface area contributed by atoms with Gasteiger partial charge in [0, 0.05) is 6.54 Å². The molecule has 0 radical (unpaired) electrons. The van der Waals surface area contributed by atoms with Crippen molar-refractivity contribution >= 4 is 15.8 Å². The molecule has 0 amide bonds. The molecule has 102 valence electrons. The Morgan fingerprint density at radius 3 is 2.59 bits per heavy atom. The number of esters is 1. The van der Waals surface area contributed by atoms with E-state index in [1.54, 1.807) is 6.92 Å². The molecule has 0 aromatic rings. The number of carbonyl (C=O) groups is 1. The molecule has 7 heteroatoms. The number of hydrogen-bond donors (Lipinski definition) is 2. The summed E-state index contributed by atoms with van der Waals surface area (Å²) in [7, 11) is -3.60. The van der Waals surface area contributed by atoms with E-state index in [1.165, 1.54) is 0 Å². The van der Waals surface area contributed by atoms with Crippen LogP contribution in [-0.2, 0) is 19.4 Å². The first-order valence-electron chi connectivity index (χ1n) is 5.66. The molecule has 0 bridgehead atoms. The van der Waals surface area contributed by atoms with Gasteiger partial charge in [-0.1, -0.05) is 6.92 Å². The zero-order chi connectivity index (χ0) is 13.3. The van der Waals surface area contributed by atoms with Gasteiger partial charge in [-0.25, -0.2) is 8.42 Å². The van der Waals surface area contributed by atoms with Gasteiger partial charge in [0.2, 0.25) is 0 Å². The van der Waals surface area contributed by atoms with Gasteiger partial charge in [-0.3, -0.25) is 4.79 Å². The van der Waals surface area contributed by atoms with Crippen molar-refractivity contribution in [1.82, 2.24) is 5.32 Å². The van der Waals surface area contributed by atoms with Gasteiger partial charge < -0.3 is 15.2 Å². The summed E-state index contributed by atoms with van der Waals surface area (Å²) in [5.41, 5.74) is 0. The Hall–Kier alpha value is -0.660. The van der Waals surface area contributed by atoms with E-state index >= 15 is 0 Å². The minimum Gasteiger partial charge on any atom is -0.465 e. The molecule has 0 spiro atoms. The minimum absolute atomic E-state index is 0.148. The van der Waals surface area contributed by atoms with Crippen LogP contribution in [-0.4, -0.2) is 56.8 Å². The van der Waals surface area contributed by atoms with Crippen LogP contribution in [0.15, 0.2) is 0 Å². The van der Waals surface area contributed by atoms with E-state index in [0.29, 0.717) is 0 Å². The molecule has 1 unspecified atom stereocenters. The molecular formula is C10H21NO5S. The summed E-state index contributed by atoms with van der Waals surface area (Å²) in [5.74, 6) is -1.88. The summed E-state index contributed by atoms with van der Waals surface area (Å²) < 4.78 is 27.5. The molecule has 0 aromatic carbocycles. The molecule has 0 aliphatic rings. The SMILES string of the molecule is CCCNCC(O)CS(=O)(=O)CC(=O)OCC. The smallest absolute Gasteiger partial charge is 0.321 e. The number of hydrogen-bond acceptors (Lipinski definition) is 6. The number of carbonyl (C=O) groups excluding carboxylic acids is 1. The van der Waals surface area contributed by atoms with Gasteiger partial charge in [0.25, 0.3) is 0 Å². The summed E-state index contributed by atoms with van der Waals surface area (Å²) in [6, 6.07) is 0. The van der Waals surface area contributed by atoms with E-state index in [1.807, 2.05) is 6.92 Å². The van der Waals surface area contributed by atoms with Gasteiger partial charge in [0.05, 0.1) is 18.5 Å². The van der Waals surface area contributed by atoms with Gasteiger partial charge in [0.1, 0.15) is 5.75 Å². The molecular weight excluding hydrogens is 246 g/mol. The predicted octanol–water partition coefficient (Wildman–Crippen LogP) is -0.675. The Morgan fingerprint density at radius 2 is 2.06 bits per heavy atom. The summed E-state index contributed by atoms with van der Waals surface area (Å²) >= 11 is 0. The van der Waals surface area contributed by atoms with E-state index in [2.05, 4.69) is 10.1 Å². The molecule has 0 fully saturated rings. The number of aliphatic hydroxyl groups is 1. The Morgan fingerprint density at radius 1 is 1.41 bits per heavy atom. The van der Waals surface area contributed by atoms with Crippen molar-refractivity contribution in [2.24, 2.45) is 0 Å². The average molecular weight is 267 g/mol. The zero-order valence-corrected chi connectivity index (χ0v) is 11.1. The number of nitrogens with one attached hydrogen (secondary N) is 1. The van der Waals surface area contributed by atoms with E-state index < -0.39 is 33.4 Å². The van der Waals surface area contributed by atoms with Crippen molar-refractivity contribution in [3.05, 3.63) is 0 Å². The van der Waals surface area contributed by atoms with Crippen LogP contribution < -0.4 is 5.32 Å². The highest BCUT2D eigenvalue weighted by molar-refractivity contribution is 7.92. The number of sulfone groups is 1. The Kier molecular flexibility index (Phi) is 8.11. The quantitative estimate of drug-likeness (QED) is 0.425. The lowest BCUT2D eigenvalue weighted by Crippen LogP contribution is -2.35. The fraction of sp³-hybridized carbons (Fsp3) is 0.900. The Bertz CT molecular complexity index is 315. The first-order valence-corrected chi connectivity index (χ1v) is 7.48. The van der Waals surface area contributed by atoms with Crippen molar-refractivity contribution in [3.63, 3.8) is 0 Å². The summed E-state index contributed by atoms with van der Waals surface area (Å²) in [4.78, 5) is 11.0. The normalized spacial score (nSPS) is 13.4. The van der Waals surface area contributed by atoms with E-state index in [0.717, 1.165) is 13.0 Å². The minimum atomic E-state index is -3.60. The Labute approximate surface area is 102 Å². The van der Waals surface area contributed by atoms with Gasteiger partial charge in [-0.2, -0.15) is 0 Å². The first kappa shape index (κ1) is 16.3. The number of aliphatic hydroxyl groups excluding tert-OH is 1. The van der Waals surface area contributed by atoms with Crippen LogP contribution in [0.1, 0.15) is 20.3 Å². The van der Waals surface area contributed by atoms with Crippen molar-refractivity contribution in [2.45, 2.75) is 26.4 Å².